The van der Waals surface area contributed by atoms with Crippen molar-refractivity contribution in [3.63, 3.8) is 0 Å². The van der Waals surface area contributed by atoms with Crippen LogP contribution in [0.5, 0.6) is 0 Å². The monoisotopic (exact) mass is 271 g/mol. The molecular formula is C15H20F3N. The first kappa shape index (κ1) is 14.4. The predicted molar refractivity (Wildman–Crippen MR) is 70.2 cm³/mol. The average molecular weight is 271 g/mol. The van der Waals surface area contributed by atoms with Crippen LogP contribution in [-0.2, 0) is 6.18 Å². The summed E-state index contributed by atoms with van der Waals surface area (Å²) in [5, 5.41) is 0. The second kappa shape index (κ2) is 5.95. The maximum absolute atomic E-state index is 12.5. The van der Waals surface area contributed by atoms with Crippen molar-refractivity contribution in [2.24, 2.45) is 0 Å². The molecule has 0 aromatic heterocycles. The molecular weight excluding hydrogens is 251 g/mol. The largest absolute Gasteiger partial charge is 0.416 e. The van der Waals surface area contributed by atoms with E-state index in [-0.39, 0.29) is 0 Å². The SMILES string of the molecule is CC(CCN1CCCC1)c1ccc(C(F)(F)F)cc1. The van der Waals surface area contributed by atoms with Crippen LogP contribution >= 0.6 is 0 Å². The summed E-state index contributed by atoms with van der Waals surface area (Å²) in [6.07, 6.45) is -0.688. The third-order valence-corrected chi connectivity index (χ3v) is 3.88. The van der Waals surface area contributed by atoms with Gasteiger partial charge in [-0.15, -0.1) is 0 Å². The number of halogens is 3. The van der Waals surface area contributed by atoms with E-state index in [1.54, 1.807) is 12.1 Å². The van der Waals surface area contributed by atoms with Crippen molar-refractivity contribution in [2.75, 3.05) is 19.6 Å². The molecule has 1 aliphatic heterocycles. The van der Waals surface area contributed by atoms with E-state index in [1.165, 1.54) is 38.1 Å². The second-order valence-electron chi connectivity index (χ2n) is 5.36. The smallest absolute Gasteiger partial charge is 0.303 e. The van der Waals surface area contributed by atoms with E-state index < -0.39 is 11.7 Å². The maximum atomic E-state index is 12.5. The van der Waals surface area contributed by atoms with Gasteiger partial charge in [-0.1, -0.05) is 19.1 Å². The molecule has 2 rings (SSSR count). The average Bonchev–Trinajstić information content (AvgIpc) is 2.88. The Balaban J connectivity index is 1.89. The summed E-state index contributed by atoms with van der Waals surface area (Å²) < 4.78 is 37.4. The molecule has 1 saturated heterocycles. The zero-order chi connectivity index (χ0) is 13.9. The molecule has 1 nitrogen and oxygen atoms in total. The number of hydrogen-bond donors (Lipinski definition) is 0. The summed E-state index contributed by atoms with van der Waals surface area (Å²) in [4.78, 5) is 2.43. The number of hydrogen-bond acceptors (Lipinski definition) is 1. The zero-order valence-electron chi connectivity index (χ0n) is 11.2. The van der Waals surface area contributed by atoms with Crippen LogP contribution in [0, 0.1) is 0 Å². The van der Waals surface area contributed by atoms with Crippen molar-refractivity contribution in [1.29, 1.82) is 0 Å². The van der Waals surface area contributed by atoms with Gasteiger partial charge >= 0.3 is 6.18 Å². The summed E-state index contributed by atoms with van der Waals surface area (Å²) in [6.45, 7) is 5.46. The van der Waals surface area contributed by atoms with Gasteiger partial charge in [0.2, 0.25) is 0 Å². The van der Waals surface area contributed by atoms with Crippen molar-refractivity contribution < 1.29 is 13.2 Å². The second-order valence-corrected chi connectivity index (χ2v) is 5.36. The van der Waals surface area contributed by atoms with Crippen molar-refractivity contribution in [2.45, 2.75) is 38.3 Å². The minimum Gasteiger partial charge on any atom is -0.303 e. The highest BCUT2D eigenvalue weighted by Gasteiger charge is 2.30. The van der Waals surface area contributed by atoms with Crippen LogP contribution < -0.4 is 0 Å². The van der Waals surface area contributed by atoms with Gasteiger partial charge in [0.25, 0.3) is 0 Å². The van der Waals surface area contributed by atoms with Crippen LogP contribution in [0.4, 0.5) is 13.2 Å². The summed E-state index contributed by atoms with van der Waals surface area (Å²) >= 11 is 0. The van der Waals surface area contributed by atoms with Crippen molar-refractivity contribution in [1.82, 2.24) is 4.90 Å². The van der Waals surface area contributed by atoms with Gasteiger partial charge in [-0.25, -0.2) is 0 Å². The van der Waals surface area contributed by atoms with E-state index >= 15 is 0 Å². The van der Waals surface area contributed by atoms with Gasteiger partial charge in [0, 0.05) is 0 Å². The van der Waals surface area contributed by atoms with Gasteiger partial charge in [-0.2, -0.15) is 13.2 Å². The summed E-state index contributed by atoms with van der Waals surface area (Å²) in [5.41, 5.74) is 0.426. The molecule has 4 heteroatoms. The Morgan fingerprint density at radius 3 is 2.21 bits per heavy atom. The maximum Gasteiger partial charge on any atom is 0.416 e. The van der Waals surface area contributed by atoms with Crippen molar-refractivity contribution >= 4 is 0 Å². The van der Waals surface area contributed by atoms with Gasteiger partial charge in [0.15, 0.2) is 0 Å². The van der Waals surface area contributed by atoms with E-state index in [0.717, 1.165) is 18.5 Å². The predicted octanol–water partition coefficient (Wildman–Crippen LogP) is 4.29. The van der Waals surface area contributed by atoms with Crippen LogP contribution in [0.15, 0.2) is 24.3 Å². The third kappa shape index (κ3) is 3.96. The molecule has 0 N–H and O–H groups in total. The van der Waals surface area contributed by atoms with Gasteiger partial charge in [0.05, 0.1) is 5.56 Å². The molecule has 0 radical (unpaired) electrons. The molecule has 0 spiro atoms. The molecule has 0 aliphatic carbocycles. The quantitative estimate of drug-likeness (QED) is 0.789. The summed E-state index contributed by atoms with van der Waals surface area (Å²) in [5.74, 6) is 0.308. The van der Waals surface area contributed by atoms with Crippen LogP contribution in [0.25, 0.3) is 0 Å². The lowest BCUT2D eigenvalue weighted by molar-refractivity contribution is -0.137. The van der Waals surface area contributed by atoms with Crippen molar-refractivity contribution in [3.8, 4) is 0 Å². The van der Waals surface area contributed by atoms with Gasteiger partial charge in [-0.3, -0.25) is 0 Å². The Morgan fingerprint density at radius 1 is 1.11 bits per heavy atom. The van der Waals surface area contributed by atoms with Crippen LogP contribution in [0.3, 0.4) is 0 Å². The molecule has 1 aromatic carbocycles. The molecule has 1 atom stereocenters. The molecule has 1 fully saturated rings. The van der Waals surface area contributed by atoms with Gasteiger partial charge in [-0.05, 0) is 62.5 Å². The van der Waals surface area contributed by atoms with Crippen molar-refractivity contribution in [3.05, 3.63) is 35.4 Å². The van der Waals surface area contributed by atoms with Crippen LogP contribution in [0.2, 0.25) is 0 Å². The summed E-state index contributed by atoms with van der Waals surface area (Å²) in [7, 11) is 0. The molecule has 1 aromatic rings. The van der Waals surface area contributed by atoms with E-state index in [1.807, 2.05) is 0 Å². The first-order chi connectivity index (χ1) is 8.97. The molecule has 1 unspecified atom stereocenters. The van der Waals surface area contributed by atoms with E-state index in [4.69, 9.17) is 0 Å². The molecule has 0 bridgehead atoms. The molecule has 106 valence electrons. The number of likely N-dealkylation sites (tertiary alicyclic amines) is 1. The fourth-order valence-corrected chi connectivity index (χ4v) is 2.55. The molecule has 1 heterocycles. The van der Waals surface area contributed by atoms with E-state index in [2.05, 4.69) is 11.8 Å². The van der Waals surface area contributed by atoms with Crippen LogP contribution in [-0.4, -0.2) is 24.5 Å². The highest BCUT2D eigenvalue weighted by atomic mass is 19.4. The minimum atomic E-state index is -4.24. The zero-order valence-corrected chi connectivity index (χ0v) is 11.2. The Bertz CT molecular complexity index is 391. The number of alkyl halides is 3. The minimum absolute atomic E-state index is 0.308. The molecule has 1 aliphatic rings. The number of nitrogens with zero attached hydrogens (tertiary/aromatic N) is 1. The van der Waals surface area contributed by atoms with Gasteiger partial charge < -0.3 is 4.90 Å². The number of benzene rings is 1. The first-order valence-corrected chi connectivity index (χ1v) is 6.86. The fraction of sp³-hybridized carbons (Fsp3) is 0.600. The molecule has 19 heavy (non-hydrogen) atoms. The standard InChI is InChI=1S/C15H20F3N/c1-12(8-11-19-9-2-3-10-19)13-4-6-14(7-5-13)15(16,17)18/h4-7,12H,2-3,8-11H2,1H3. The Morgan fingerprint density at radius 2 is 1.68 bits per heavy atom. The fourth-order valence-electron chi connectivity index (χ4n) is 2.55. The number of rotatable bonds is 4. The molecule has 0 saturated carbocycles. The third-order valence-electron chi connectivity index (χ3n) is 3.88. The normalized spacial score (nSPS) is 18.7. The van der Waals surface area contributed by atoms with Crippen LogP contribution in [0.1, 0.15) is 43.2 Å². The highest BCUT2D eigenvalue weighted by Crippen LogP contribution is 2.30. The Labute approximate surface area is 112 Å². The van der Waals surface area contributed by atoms with E-state index in [9.17, 15) is 13.2 Å². The highest BCUT2D eigenvalue weighted by molar-refractivity contribution is 5.26. The molecule has 0 amide bonds. The van der Waals surface area contributed by atoms with E-state index in [0.29, 0.717) is 5.92 Å². The van der Waals surface area contributed by atoms with Gasteiger partial charge in [0.1, 0.15) is 0 Å². The topological polar surface area (TPSA) is 3.24 Å². The first-order valence-electron chi connectivity index (χ1n) is 6.86. The lowest BCUT2D eigenvalue weighted by Gasteiger charge is -2.18. The summed E-state index contributed by atoms with van der Waals surface area (Å²) in [6, 6.07) is 5.58. The Kier molecular flexibility index (Phi) is 4.50. The lowest BCUT2D eigenvalue weighted by Crippen LogP contribution is -2.21. The Hall–Kier alpha value is -1.03. The lowest BCUT2D eigenvalue weighted by atomic mass is 9.96.